The molecule has 2 rings (SSSR count). The second-order valence-corrected chi connectivity index (χ2v) is 4.44. The first-order valence-corrected chi connectivity index (χ1v) is 6.26. The number of rotatable bonds is 4. The Kier molecular flexibility index (Phi) is 4.46. The summed E-state index contributed by atoms with van der Waals surface area (Å²) in [6.45, 7) is 1.20. The van der Waals surface area contributed by atoms with Crippen molar-refractivity contribution in [1.29, 1.82) is 0 Å². The van der Waals surface area contributed by atoms with Gasteiger partial charge in [-0.05, 0) is 31.4 Å². The zero-order valence-corrected chi connectivity index (χ0v) is 10.5. The molecule has 6 nitrogen and oxygen atoms in total. The standard InChI is InChI=1S/C13H16N2O4/c16-12(15-8-10-3-1-2-6-19-10)11-5-4-9(7-14-11)13(17)18/h4-5,7,10H,1-3,6,8H2,(H,15,16)(H,17,18). The van der Waals surface area contributed by atoms with Crippen molar-refractivity contribution < 1.29 is 19.4 Å². The molecule has 2 heterocycles. The van der Waals surface area contributed by atoms with Crippen molar-refractivity contribution in [1.82, 2.24) is 10.3 Å². The van der Waals surface area contributed by atoms with Gasteiger partial charge in [0.15, 0.2) is 0 Å². The van der Waals surface area contributed by atoms with Crippen LogP contribution in [0, 0.1) is 0 Å². The molecule has 0 aromatic carbocycles. The molecule has 102 valence electrons. The number of nitrogens with one attached hydrogen (secondary N) is 1. The molecule has 1 atom stereocenters. The number of pyridine rings is 1. The van der Waals surface area contributed by atoms with Crippen molar-refractivity contribution in [3.63, 3.8) is 0 Å². The fourth-order valence-electron chi connectivity index (χ4n) is 1.92. The molecular weight excluding hydrogens is 248 g/mol. The van der Waals surface area contributed by atoms with Gasteiger partial charge in [-0.1, -0.05) is 0 Å². The molecule has 1 unspecified atom stereocenters. The lowest BCUT2D eigenvalue weighted by molar-refractivity contribution is 0.0168. The molecule has 0 bridgehead atoms. The number of hydrogen-bond donors (Lipinski definition) is 2. The topological polar surface area (TPSA) is 88.5 Å². The highest BCUT2D eigenvalue weighted by atomic mass is 16.5. The van der Waals surface area contributed by atoms with Crippen molar-refractivity contribution in [3.8, 4) is 0 Å². The molecule has 6 heteroatoms. The number of nitrogens with zero attached hydrogens (tertiary/aromatic N) is 1. The summed E-state index contributed by atoms with van der Waals surface area (Å²) in [6.07, 6.45) is 4.38. The third-order valence-electron chi connectivity index (χ3n) is 3.01. The Morgan fingerprint density at radius 2 is 2.26 bits per heavy atom. The lowest BCUT2D eigenvalue weighted by Gasteiger charge is -2.22. The molecule has 0 saturated carbocycles. The number of carbonyl (C=O) groups excluding carboxylic acids is 1. The minimum absolute atomic E-state index is 0.0622. The van der Waals surface area contributed by atoms with E-state index in [-0.39, 0.29) is 23.3 Å². The van der Waals surface area contributed by atoms with Gasteiger partial charge < -0.3 is 15.2 Å². The second-order valence-electron chi connectivity index (χ2n) is 4.44. The summed E-state index contributed by atoms with van der Waals surface area (Å²) in [4.78, 5) is 26.3. The predicted molar refractivity (Wildman–Crippen MR) is 67.1 cm³/mol. The summed E-state index contributed by atoms with van der Waals surface area (Å²) >= 11 is 0. The quantitative estimate of drug-likeness (QED) is 0.849. The van der Waals surface area contributed by atoms with Crippen molar-refractivity contribution in [2.24, 2.45) is 0 Å². The Hall–Kier alpha value is -1.95. The molecule has 1 saturated heterocycles. The van der Waals surface area contributed by atoms with Gasteiger partial charge in [-0.25, -0.2) is 4.79 Å². The Labute approximate surface area is 110 Å². The number of carbonyl (C=O) groups is 2. The van der Waals surface area contributed by atoms with Crippen LogP contribution in [0.2, 0.25) is 0 Å². The number of hydrogen-bond acceptors (Lipinski definition) is 4. The van der Waals surface area contributed by atoms with Crippen molar-refractivity contribution >= 4 is 11.9 Å². The van der Waals surface area contributed by atoms with Crippen LogP contribution in [0.5, 0.6) is 0 Å². The third-order valence-corrected chi connectivity index (χ3v) is 3.01. The molecule has 1 aromatic heterocycles. The summed E-state index contributed by atoms with van der Waals surface area (Å²) in [5.74, 6) is -1.37. The van der Waals surface area contributed by atoms with E-state index in [9.17, 15) is 9.59 Å². The maximum atomic E-state index is 11.8. The minimum atomic E-state index is -1.06. The van der Waals surface area contributed by atoms with Gasteiger partial charge in [0.1, 0.15) is 5.69 Å². The number of carboxylic acid groups (broad SMARTS) is 1. The molecule has 0 aliphatic carbocycles. The van der Waals surface area contributed by atoms with Crippen LogP contribution in [-0.4, -0.2) is 41.2 Å². The fourth-order valence-corrected chi connectivity index (χ4v) is 1.92. The van der Waals surface area contributed by atoms with Gasteiger partial charge in [-0.3, -0.25) is 9.78 Å². The number of aromatic carboxylic acids is 1. The zero-order valence-electron chi connectivity index (χ0n) is 10.5. The summed E-state index contributed by atoms with van der Waals surface area (Å²) in [6, 6.07) is 2.77. The van der Waals surface area contributed by atoms with Crippen LogP contribution in [0.3, 0.4) is 0 Å². The van der Waals surface area contributed by atoms with E-state index in [1.165, 1.54) is 18.3 Å². The number of aromatic nitrogens is 1. The molecule has 2 N–H and O–H groups in total. The third kappa shape index (κ3) is 3.75. The second kappa shape index (κ2) is 6.29. The van der Waals surface area contributed by atoms with E-state index in [4.69, 9.17) is 9.84 Å². The van der Waals surface area contributed by atoms with E-state index >= 15 is 0 Å². The SMILES string of the molecule is O=C(O)c1ccc(C(=O)NCC2CCCCO2)nc1. The minimum Gasteiger partial charge on any atom is -0.478 e. The van der Waals surface area contributed by atoms with E-state index in [0.29, 0.717) is 6.54 Å². The smallest absolute Gasteiger partial charge is 0.337 e. The van der Waals surface area contributed by atoms with E-state index in [1.54, 1.807) is 0 Å². The monoisotopic (exact) mass is 264 g/mol. The number of ether oxygens (including phenoxy) is 1. The highest BCUT2D eigenvalue weighted by molar-refractivity contribution is 5.93. The van der Waals surface area contributed by atoms with Crippen LogP contribution in [-0.2, 0) is 4.74 Å². The van der Waals surface area contributed by atoms with Gasteiger partial charge in [0, 0.05) is 19.3 Å². The van der Waals surface area contributed by atoms with Crippen LogP contribution in [0.1, 0.15) is 40.1 Å². The molecular formula is C13H16N2O4. The first kappa shape index (κ1) is 13.5. The predicted octanol–water partition coefficient (Wildman–Crippen LogP) is 1.08. The zero-order chi connectivity index (χ0) is 13.7. The molecule has 1 aliphatic heterocycles. The van der Waals surface area contributed by atoms with E-state index in [1.807, 2.05) is 0 Å². The molecule has 1 fully saturated rings. The van der Waals surface area contributed by atoms with E-state index in [0.717, 1.165) is 25.9 Å². The van der Waals surface area contributed by atoms with Crippen LogP contribution in [0.4, 0.5) is 0 Å². The largest absolute Gasteiger partial charge is 0.478 e. The van der Waals surface area contributed by atoms with E-state index < -0.39 is 5.97 Å². The van der Waals surface area contributed by atoms with Crippen LogP contribution < -0.4 is 5.32 Å². The highest BCUT2D eigenvalue weighted by Gasteiger charge is 2.16. The Morgan fingerprint density at radius 3 is 2.84 bits per heavy atom. The maximum absolute atomic E-state index is 11.8. The van der Waals surface area contributed by atoms with Gasteiger partial charge in [0.05, 0.1) is 11.7 Å². The highest BCUT2D eigenvalue weighted by Crippen LogP contribution is 2.11. The first-order valence-electron chi connectivity index (χ1n) is 6.26. The normalized spacial score (nSPS) is 18.8. The van der Waals surface area contributed by atoms with Crippen LogP contribution in [0.15, 0.2) is 18.3 Å². The van der Waals surface area contributed by atoms with Crippen molar-refractivity contribution in [3.05, 3.63) is 29.6 Å². The summed E-state index contributed by atoms with van der Waals surface area (Å²) < 4.78 is 5.50. The molecule has 0 spiro atoms. The molecule has 1 aromatic rings. The molecule has 0 radical (unpaired) electrons. The lowest BCUT2D eigenvalue weighted by atomic mass is 10.1. The lowest BCUT2D eigenvalue weighted by Crippen LogP contribution is -2.35. The van der Waals surface area contributed by atoms with Crippen molar-refractivity contribution in [2.45, 2.75) is 25.4 Å². The summed E-state index contributed by atoms with van der Waals surface area (Å²) in [7, 11) is 0. The van der Waals surface area contributed by atoms with Crippen molar-refractivity contribution in [2.75, 3.05) is 13.2 Å². The molecule has 1 amide bonds. The number of amides is 1. The first-order chi connectivity index (χ1) is 9.16. The van der Waals surface area contributed by atoms with E-state index in [2.05, 4.69) is 10.3 Å². The summed E-state index contributed by atoms with van der Waals surface area (Å²) in [5, 5.41) is 11.5. The molecule has 19 heavy (non-hydrogen) atoms. The van der Waals surface area contributed by atoms with Gasteiger partial charge in [-0.2, -0.15) is 0 Å². The Bertz CT molecular complexity index is 452. The molecule has 1 aliphatic rings. The number of carboxylic acids is 1. The van der Waals surface area contributed by atoms with Gasteiger partial charge in [0.2, 0.25) is 0 Å². The van der Waals surface area contributed by atoms with Gasteiger partial charge in [-0.15, -0.1) is 0 Å². The fraction of sp³-hybridized carbons (Fsp3) is 0.462. The van der Waals surface area contributed by atoms with Crippen LogP contribution >= 0.6 is 0 Å². The Balaban J connectivity index is 1.86. The Morgan fingerprint density at radius 1 is 1.42 bits per heavy atom. The average molecular weight is 264 g/mol. The van der Waals surface area contributed by atoms with Gasteiger partial charge >= 0.3 is 5.97 Å². The van der Waals surface area contributed by atoms with Gasteiger partial charge in [0.25, 0.3) is 5.91 Å². The average Bonchev–Trinajstić information content (AvgIpc) is 2.46. The maximum Gasteiger partial charge on any atom is 0.337 e. The van der Waals surface area contributed by atoms with Crippen LogP contribution in [0.25, 0.3) is 0 Å². The summed E-state index contributed by atoms with van der Waals surface area (Å²) in [5.41, 5.74) is 0.271.